The molecule has 4 heterocycles. The largest absolute Gasteiger partial charge is 0.394 e. The molecular weight excluding hydrogens is 420 g/mol. The van der Waals surface area contributed by atoms with E-state index in [4.69, 9.17) is 4.74 Å². The highest BCUT2D eigenvalue weighted by Gasteiger charge is 2.74. The Kier molecular flexibility index (Phi) is 6.81. The predicted molar refractivity (Wildman–Crippen MR) is 116 cm³/mol. The van der Waals surface area contributed by atoms with Crippen LogP contribution in [0, 0.1) is 11.8 Å². The number of nitrogens with one attached hydrogen (secondary N) is 2. The van der Waals surface area contributed by atoms with Crippen LogP contribution in [-0.2, 0) is 19.1 Å². The molecule has 6 atom stereocenters. The SMILES string of the molecule is CC[C@@H](CO)N1C(=O)[C@@H]2[C@@H](C(=O)NC)[C@H]3CCC2(S3)C1C(=O)NCCN1CCOCC1. The zero-order valence-corrected chi connectivity index (χ0v) is 19.2. The fourth-order valence-electron chi connectivity index (χ4n) is 5.92. The summed E-state index contributed by atoms with van der Waals surface area (Å²) in [5.41, 5.74) is 0. The molecule has 0 aliphatic carbocycles. The number of hydrogen-bond acceptors (Lipinski definition) is 7. The van der Waals surface area contributed by atoms with Gasteiger partial charge in [0, 0.05) is 38.5 Å². The maximum Gasteiger partial charge on any atom is 0.244 e. The van der Waals surface area contributed by atoms with Gasteiger partial charge in [-0.15, -0.1) is 11.8 Å². The molecule has 3 amide bonds. The van der Waals surface area contributed by atoms with Crippen molar-refractivity contribution in [3.63, 3.8) is 0 Å². The fourth-order valence-corrected chi connectivity index (χ4v) is 8.13. The van der Waals surface area contributed by atoms with E-state index in [0.717, 1.165) is 32.5 Å². The number of carbonyl (C=O) groups is 3. The van der Waals surface area contributed by atoms with Crippen LogP contribution in [0.4, 0.5) is 0 Å². The van der Waals surface area contributed by atoms with Gasteiger partial charge in [0.05, 0.1) is 42.4 Å². The Morgan fingerprint density at radius 1 is 1.32 bits per heavy atom. The van der Waals surface area contributed by atoms with Gasteiger partial charge in [-0.05, 0) is 19.3 Å². The zero-order valence-electron chi connectivity index (χ0n) is 18.3. The Morgan fingerprint density at radius 2 is 2.06 bits per heavy atom. The molecule has 4 aliphatic heterocycles. The van der Waals surface area contributed by atoms with Crippen molar-refractivity contribution in [3.05, 3.63) is 0 Å². The van der Waals surface area contributed by atoms with Gasteiger partial charge in [0.25, 0.3) is 0 Å². The minimum absolute atomic E-state index is 0.0638. The van der Waals surface area contributed by atoms with Gasteiger partial charge in [0.2, 0.25) is 17.7 Å². The van der Waals surface area contributed by atoms with Crippen molar-refractivity contribution in [1.82, 2.24) is 20.4 Å². The van der Waals surface area contributed by atoms with E-state index in [1.807, 2.05) is 6.92 Å². The summed E-state index contributed by atoms with van der Waals surface area (Å²) in [5, 5.41) is 15.8. The van der Waals surface area contributed by atoms with E-state index in [9.17, 15) is 19.5 Å². The molecule has 2 unspecified atom stereocenters. The summed E-state index contributed by atoms with van der Waals surface area (Å²) in [5.74, 6) is -1.37. The minimum Gasteiger partial charge on any atom is -0.394 e. The molecular formula is C21H34N4O5S. The highest BCUT2D eigenvalue weighted by atomic mass is 32.2. The lowest BCUT2D eigenvalue weighted by atomic mass is 9.71. The molecule has 4 fully saturated rings. The smallest absolute Gasteiger partial charge is 0.244 e. The number of rotatable bonds is 8. The van der Waals surface area contributed by atoms with Gasteiger partial charge in [-0.25, -0.2) is 0 Å². The fraction of sp³-hybridized carbons (Fsp3) is 0.857. The summed E-state index contributed by atoms with van der Waals surface area (Å²) in [4.78, 5) is 43.7. The maximum absolute atomic E-state index is 13.6. The lowest BCUT2D eigenvalue weighted by Gasteiger charge is -2.37. The average Bonchev–Trinajstić information content (AvgIpc) is 3.43. The van der Waals surface area contributed by atoms with Crippen molar-refractivity contribution in [2.45, 2.75) is 48.3 Å². The standard InChI is InChI=1S/C21H34N4O5S/c1-3-13(12-26)25-17(19(28)23-6-7-24-8-10-30-11-9-24)21-5-4-14(31-21)15(18(27)22-2)16(21)20(25)29/h13-17,26H,3-12H2,1-2H3,(H,22,27)(H,23,28)/t13-,14+,15-,16-,17?,21?/m0/s1. The minimum atomic E-state index is -0.656. The first-order valence-electron chi connectivity index (χ1n) is 11.4. The molecule has 0 aromatic rings. The van der Waals surface area contributed by atoms with Gasteiger partial charge in [-0.3, -0.25) is 19.3 Å². The molecule has 0 aromatic carbocycles. The van der Waals surface area contributed by atoms with Crippen LogP contribution >= 0.6 is 11.8 Å². The van der Waals surface area contributed by atoms with Crippen LogP contribution in [0.25, 0.3) is 0 Å². The van der Waals surface area contributed by atoms with Gasteiger partial charge in [0.1, 0.15) is 6.04 Å². The van der Waals surface area contributed by atoms with Crippen LogP contribution in [0.2, 0.25) is 0 Å². The number of morpholine rings is 1. The van der Waals surface area contributed by atoms with E-state index < -0.39 is 28.7 Å². The number of fused-ring (bicyclic) bond motifs is 1. The van der Waals surface area contributed by atoms with Gasteiger partial charge >= 0.3 is 0 Å². The molecule has 10 heteroatoms. The van der Waals surface area contributed by atoms with Crippen molar-refractivity contribution in [1.29, 1.82) is 0 Å². The van der Waals surface area contributed by atoms with Crippen LogP contribution in [0.5, 0.6) is 0 Å². The molecule has 3 N–H and O–H groups in total. The summed E-state index contributed by atoms with van der Waals surface area (Å²) in [6.45, 7) is 6.07. The van der Waals surface area contributed by atoms with E-state index in [1.54, 1.807) is 23.7 Å². The van der Waals surface area contributed by atoms with Gasteiger partial charge < -0.3 is 25.4 Å². The van der Waals surface area contributed by atoms with Crippen LogP contribution in [-0.4, -0.2) is 108 Å². The third-order valence-corrected chi connectivity index (χ3v) is 9.39. The molecule has 4 rings (SSSR count). The second kappa shape index (κ2) is 9.25. The highest BCUT2D eigenvalue weighted by molar-refractivity contribution is 8.02. The number of nitrogens with zero attached hydrogens (tertiary/aromatic N) is 2. The van der Waals surface area contributed by atoms with Crippen molar-refractivity contribution < 1.29 is 24.2 Å². The van der Waals surface area contributed by atoms with Crippen molar-refractivity contribution in [3.8, 4) is 0 Å². The van der Waals surface area contributed by atoms with Gasteiger partial charge in [0.15, 0.2) is 0 Å². The van der Waals surface area contributed by atoms with Gasteiger partial charge in [-0.2, -0.15) is 0 Å². The van der Waals surface area contributed by atoms with Crippen LogP contribution in [0.15, 0.2) is 0 Å². The number of thioether (sulfide) groups is 1. The number of aliphatic hydroxyl groups excluding tert-OH is 1. The molecule has 31 heavy (non-hydrogen) atoms. The van der Waals surface area contributed by atoms with E-state index in [0.29, 0.717) is 26.2 Å². The Balaban J connectivity index is 1.56. The molecule has 4 aliphatic rings. The predicted octanol–water partition coefficient (Wildman–Crippen LogP) is -0.957. The van der Waals surface area contributed by atoms with E-state index in [1.165, 1.54) is 0 Å². The quantitative estimate of drug-likeness (QED) is 0.433. The monoisotopic (exact) mass is 454 g/mol. The second-order valence-corrected chi connectivity index (χ2v) is 10.5. The molecule has 174 valence electrons. The van der Waals surface area contributed by atoms with Crippen LogP contribution < -0.4 is 10.6 Å². The van der Waals surface area contributed by atoms with E-state index in [2.05, 4.69) is 15.5 Å². The molecule has 0 saturated carbocycles. The van der Waals surface area contributed by atoms with Crippen molar-refractivity contribution in [2.75, 3.05) is 53.0 Å². The molecule has 0 radical (unpaired) electrons. The summed E-state index contributed by atoms with van der Waals surface area (Å²) >= 11 is 1.65. The maximum atomic E-state index is 13.6. The third-order valence-electron chi connectivity index (χ3n) is 7.44. The molecule has 9 nitrogen and oxygen atoms in total. The summed E-state index contributed by atoms with van der Waals surface area (Å²) in [6.07, 6.45) is 2.13. The Bertz CT molecular complexity index is 714. The second-order valence-electron chi connectivity index (χ2n) is 8.91. The van der Waals surface area contributed by atoms with E-state index in [-0.39, 0.29) is 29.6 Å². The number of likely N-dealkylation sites (tertiary alicyclic amines) is 1. The molecule has 1 spiro atoms. The first-order valence-corrected chi connectivity index (χ1v) is 12.3. The Hall–Kier alpha value is -1.36. The molecule has 4 saturated heterocycles. The summed E-state index contributed by atoms with van der Waals surface area (Å²) in [6, 6.07) is -1.08. The number of aliphatic hydroxyl groups is 1. The van der Waals surface area contributed by atoms with Crippen LogP contribution in [0.3, 0.4) is 0 Å². The number of ether oxygens (including phenoxy) is 1. The summed E-state index contributed by atoms with van der Waals surface area (Å²) in [7, 11) is 1.60. The first kappa shape index (κ1) is 22.8. The average molecular weight is 455 g/mol. The molecule has 2 bridgehead atoms. The lowest BCUT2D eigenvalue weighted by molar-refractivity contribution is -0.142. The van der Waals surface area contributed by atoms with Crippen molar-refractivity contribution in [2.24, 2.45) is 11.8 Å². The Morgan fingerprint density at radius 3 is 2.71 bits per heavy atom. The Labute approximate surface area is 187 Å². The number of carbonyl (C=O) groups excluding carboxylic acids is 3. The van der Waals surface area contributed by atoms with Crippen LogP contribution in [0.1, 0.15) is 26.2 Å². The number of hydrogen-bond donors (Lipinski definition) is 3. The molecule has 0 aromatic heterocycles. The highest BCUT2D eigenvalue weighted by Crippen LogP contribution is 2.66. The lowest BCUT2D eigenvalue weighted by Crippen LogP contribution is -2.57. The topological polar surface area (TPSA) is 111 Å². The number of amides is 3. The normalized spacial score (nSPS) is 35.8. The first-order chi connectivity index (χ1) is 15.0. The zero-order chi connectivity index (χ0) is 22.2. The van der Waals surface area contributed by atoms with E-state index >= 15 is 0 Å². The summed E-state index contributed by atoms with van der Waals surface area (Å²) < 4.78 is 4.78. The van der Waals surface area contributed by atoms with Crippen molar-refractivity contribution >= 4 is 29.5 Å². The third kappa shape index (κ3) is 3.75. The van der Waals surface area contributed by atoms with Gasteiger partial charge in [-0.1, -0.05) is 6.92 Å².